The summed E-state index contributed by atoms with van der Waals surface area (Å²) in [6.07, 6.45) is 0. The Labute approximate surface area is 177 Å². The largest absolute Gasteiger partial charge is 0.493 e. The van der Waals surface area contributed by atoms with E-state index >= 15 is 0 Å². The van der Waals surface area contributed by atoms with Gasteiger partial charge in [0.05, 0.1) is 37.4 Å². The highest BCUT2D eigenvalue weighted by Gasteiger charge is 2.26. The molecule has 2 rings (SSSR count). The molecule has 0 spiro atoms. The average molecular weight is 432 g/mol. The Hall–Kier alpha value is -4.15. The molecule has 11 nitrogen and oxygen atoms in total. The molecule has 0 atom stereocenters. The summed E-state index contributed by atoms with van der Waals surface area (Å²) in [5.41, 5.74) is -0.291. The van der Waals surface area contributed by atoms with Crippen LogP contribution in [0.25, 0.3) is 0 Å². The van der Waals surface area contributed by atoms with Crippen molar-refractivity contribution in [3.63, 3.8) is 0 Å². The lowest BCUT2D eigenvalue weighted by molar-refractivity contribution is -0.385. The number of nitro benzene ring substituents is 1. The van der Waals surface area contributed by atoms with Gasteiger partial charge in [-0.1, -0.05) is 0 Å². The number of rotatable bonds is 9. The Balaban J connectivity index is 2.09. The highest BCUT2D eigenvalue weighted by atomic mass is 16.6. The summed E-state index contributed by atoms with van der Waals surface area (Å²) in [5, 5.41) is 13.8. The van der Waals surface area contributed by atoms with Crippen LogP contribution in [0.1, 0.15) is 27.6 Å². The van der Waals surface area contributed by atoms with Crippen LogP contribution in [0.15, 0.2) is 36.4 Å². The number of hydrogen-bond donors (Lipinski definition) is 1. The Bertz CT molecular complexity index is 987. The van der Waals surface area contributed by atoms with Gasteiger partial charge in [-0.2, -0.15) is 0 Å². The van der Waals surface area contributed by atoms with Gasteiger partial charge < -0.3 is 24.3 Å². The van der Waals surface area contributed by atoms with E-state index in [0.29, 0.717) is 11.3 Å². The maximum atomic E-state index is 12.4. The first-order chi connectivity index (χ1) is 14.8. The molecule has 0 radical (unpaired) electrons. The SMILES string of the molecule is CCOc1cc(C(=O)OCC(=O)Nc2ccc(C(=O)OC)cc2)c([N+](=O)[O-])cc1OC. The molecule has 0 heterocycles. The van der Waals surface area contributed by atoms with E-state index in [1.165, 1.54) is 38.5 Å². The van der Waals surface area contributed by atoms with Crippen molar-refractivity contribution in [1.82, 2.24) is 0 Å². The summed E-state index contributed by atoms with van der Waals surface area (Å²) in [6.45, 7) is 1.24. The molecule has 0 aromatic heterocycles. The summed E-state index contributed by atoms with van der Waals surface area (Å²) in [5.74, 6) is -2.08. The van der Waals surface area contributed by atoms with Crippen molar-refractivity contribution in [2.75, 3.05) is 32.8 Å². The molecule has 2 aromatic rings. The van der Waals surface area contributed by atoms with Crippen molar-refractivity contribution in [3.8, 4) is 11.5 Å². The molecule has 0 unspecified atom stereocenters. The predicted molar refractivity (Wildman–Crippen MR) is 108 cm³/mol. The normalized spacial score (nSPS) is 10.0. The van der Waals surface area contributed by atoms with Gasteiger partial charge in [0.25, 0.3) is 11.6 Å². The van der Waals surface area contributed by atoms with Crippen molar-refractivity contribution in [2.24, 2.45) is 0 Å². The van der Waals surface area contributed by atoms with Crippen molar-refractivity contribution >= 4 is 29.2 Å². The zero-order chi connectivity index (χ0) is 23.0. The topological polar surface area (TPSA) is 143 Å². The molecule has 31 heavy (non-hydrogen) atoms. The number of nitro groups is 1. The van der Waals surface area contributed by atoms with E-state index in [0.717, 1.165) is 12.1 Å². The second kappa shape index (κ2) is 10.6. The van der Waals surface area contributed by atoms with Crippen LogP contribution in [0.3, 0.4) is 0 Å². The minimum Gasteiger partial charge on any atom is -0.493 e. The fraction of sp³-hybridized carbons (Fsp3) is 0.250. The molecule has 0 saturated heterocycles. The number of methoxy groups -OCH3 is 2. The number of nitrogens with zero attached hydrogens (tertiary/aromatic N) is 1. The summed E-state index contributed by atoms with van der Waals surface area (Å²) >= 11 is 0. The van der Waals surface area contributed by atoms with E-state index in [2.05, 4.69) is 10.1 Å². The van der Waals surface area contributed by atoms with Crippen LogP contribution < -0.4 is 14.8 Å². The summed E-state index contributed by atoms with van der Waals surface area (Å²) in [4.78, 5) is 46.4. The van der Waals surface area contributed by atoms with Gasteiger partial charge in [-0.25, -0.2) is 9.59 Å². The van der Waals surface area contributed by atoms with Gasteiger partial charge in [-0.15, -0.1) is 0 Å². The number of amides is 1. The molecule has 1 N–H and O–H groups in total. The smallest absolute Gasteiger partial charge is 0.345 e. The molecule has 1 amide bonds. The predicted octanol–water partition coefficient (Wildman–Crippen LogP) is 2.58. The van der Waals surface area contributed by atoms with Crippen LogP contribution in [-0.2, 0) is 14.3 Å². The summed E-state index contributed by atoms with van der Waals surface area (Å²) in [6, 6.07) is 8.01. The molecule has 0 bridgehead atoms. The lowest BCUT2D eigenvalue weighted by atomic mass is 10.1. The van der Waals surface area contributed by atoms with Crippen molar-refractivity contribution < 1.29 is 38.3 Å². The van der Waals surface area contributed by atoms with Crippen LogP contribution in [0.2, 0.25) is 0 Å². The number of esters is 2. The maximum absolute atomic E-state index is 12.4. The molecule has 11 heteroatoms. The Morgan fingerprint density at radius 2 is 1.71 bits per heavy atom. The van der Waals surface area contributed by atoms with Gasteiger partial charge >= 0.3 is 11.9 Å². The number of benzene rings is 2. The third-order valence-electron chi connectivity index (χ3n) is 3.92. The molecule has 0 saturated carbocycles. The van der Waals surface area contributed by atoms with E-state index in [-0.39, 0.29) is 23.7 Å². The fourth-order valence-corrected chi connectivity index (χ4v) is 2.50. The fourth-order valence-electron chi connectivity index (χ4n) is 2.50. The van der Waals surface area contributed by atoms with E-state index in [9.17, 15) is 24.5 Å². The summed E-state index contributed by atoms with van der Waals surface area (Å²) in [7, 11) is 2.55. The Morgan fingerprint density at radius 3 is 2.26 bits per heavy atom. The average Bonchev–Trinajstić information content (AvgIpc) is 2.77. The van der Waals surface area contributed by atoms with Gasteiger partial charge in [0.2, 0.25) is 0 Å². The Kier molecular flexibility index (Phi) is 7.89. The highest BCUT2D eigenvalue weighted by molar-refractivity contribution is 5.98. The Morgan fingerprint density at radius 1 is 1.03 bits per heavy atom. The van der Waals surface area contributed by atoms with E-state index in [1.54, 1.807) is 6.92 Å². The zero-order valence-electron chi connectivity index (χ0n) is 17.0. The second-order valence-corrected chi connectivity index (χ2v) is 5.90. The van der Waals surface area contributed by atoms with Gasteiger partial charge in [-0.3, -0.25) is 14.9 Å². The third kappa shape index (κ3) is 5.92. The zero-order valence-corrected chi connectivity index (χ0v) is 17.0. The van der Waals surface area contributed by atoms with Crippen molar-refractivity contribution in [3.05, 3.63) is 57.6 Å². The molecular formula is C20H20N2O9. The van der Waals surface area contributed by atoms with Crippen LogP contribution in [0.5, 0.6) is 11.5 Å². The molecule has 0 aliphatic rings. The maximum Gasteiger partial charge on any atom is 0.345 e. The van der Waals surface area contributed by atoms with E-state index < -0.39 is 35.1 Å². The first-order valence-electron chi connectivity index (χ1n) is 8.95. The second-order valence-electron chi connectivity index (χ2n) is 5.90. The number of hydrogen-bond acceptors (Lipinski definition) is 9. The summed E-state index contributed by atoms with van der Waals surface area (Å²) < 4.78 is 19.9. The van der Waals surface area contributed by atoms with E-state index in [1.807, 2.05) is 0 Å². The van der Waals surface area contributed by atoms with E-state index in [4.69, 9.17) is 14.2 Å². The molecule has 2 aromatic carbocycles. The van der Waals surface area contributed by atoms with Crippen LogP contribution in [0.4, 0.5) is 11.4 Å². The number of ether oxygens (including phenoxy) is 4. The number of carbonyl (C=O) groups is 3. The minimum absolute atomic E-state index is 0.0817. The van der Waals surface area contributed by atoms with Crippen LogP contribution in [0, 0.1) is 10.1 Å². The molecule has 0 fully saturated rings. The molecule has 164 valence electrons. The minimum atomic E-state index is -1.08. The van der Waals surface area contributed by atoms with Crippen molar-refractivity contribution in [2.45, 2.75) is 6.92 Å². The number of nitrogens with one attached hydrogen (secondary N) is 1. The first kappa shape index (κ1) is 23.1. The monoisotopic (exact) mass is 432 g/mol. The standard InChI is InChI=1S/C20H20N2O9/c1-4-30-17-9-14(15(22(26)27)10-16(17)28-2)20(25)31-11-18(23)21-13-7-5-12(6-8-13)19(24)29-3/h5-10H,4,11H2,1-3H3,(H,21,23). The molecule has 0 aliphatic carbocycles. The van der Waals surface area contributed by atoms with Crippen LogP contribution in [-0.4, -0.2) is 50.2 Å². The lowest BCUT2D eigenvalue weighted by Gasteiger charge is -2.12. The first-order valence-corrected chi connectivity index (χ1v) is 8.95. The highest BCUT2D eigenvalue weighted by Crippen LogP contribution is 2.35. The lowest BCUT2D eigenvalue weighted by Crippen LogP contribution is -2.21. The van der Waals surface area contributed by atoms with Gasteiger partial charge in [0.1, 0.15) is 5.56 Å². The van der Waals surface area contributed by atoms with Gasteiger partial charge in [-0.05, 0) is 31.2 Å². The quantitative estimate of drug-likeness (QED) is 0.359. The number of anilines is 1. The van der Waals surface area contributed by atoms with Crippen LogP contribution >= 0.6 is 0 Å². The third-order valence-corrected chi connectivity index (χ3v) is 3.92. The van der Waals surface area contributed by atoms with Crippen molar-refractivity contribution in [1.29, 1.82) is 0 Å². The molecular weight excluding hydrogens is 412 g/mol. The number of carbonyl (C=O) groups excluding carboxylic acids is 3. The van der Waals surface area contributed by atoms with Gasteiger partial charge in [0, 0.05) is 11.8 Å². The molecule has 0 aliphatic heterocycles. The van der Waals surface area contributed by atoms with Gasteiger partial charge in [0.15, 0.2) is 18.1 Å².